The quantitative estimate of drug-likeness (QED) is 0.788. The summed E-state index contributed by atoms with van der Waals surface area (Å²) in [6, 6.07) is 6.07. The number of aromatic nitrogens is 3. The molecule has 0 amide bonds. The summed E-state index contributed by atoms with van der Waals surface area (Å²) in [5.41, 5.74) is 3.15. The first-order chi connectivity index (χ1) is 7.66. The second-order valence-corrected chi connectivity index (χ2v) is 4.11. The Hall–Kier alpha value is -1.71. The molecule has 0 fully saturated rings. The molecule has 0 atom stereocenters. The minimum absolute atomic E-state index is 0.223. The first-order valence-corrected chi connectivity index (χ1v) is 5.46. The molecule has 0 aliphatic rings. The Labute approximate surface area is 94.3 Å². The van der Waals surface area contributed by atoms with E-state index in [0.717, 1.165) is 24.0 Å². The van der Waals surface area contributed by atoms with E-state index in [2.05, 4.69) is 16.4 Å². The monoisotopic (exact) mass is 217 g/mol. The highest BCUT2D eigenvalue weighted by atomic mass is 16.1. The lowest BCUT2D eigenvalue weighted by Gasteiger charge is -2.01. The van der Waals surface area contributed by atoms with Gasteiger partial charge in [-0.2, -0.15) is 0 Å². The predicted molar refractivity (Wildman–Crippen MR) is 62.2 cm³/mol. The van der Waals surface area contributed by atoms with E-state index in [1.807, 2.05) is 23.7 Å². The molecule has 0 saturated heterocycles. The van der Waals surface area contributed by atoms with Gasteiger partial charge in [0.2, 0.25) is 0 Å². The zero-order valence-electron chi connectivity index (χ0n) is 9.60. The van der Waals surface area contributed by atoms with E-state index in [0.29, 0.717) is 6.42 Å². The van der Waals surface area contributed by atoms with Crippen LogP contribution in [0.25, 0.3) is 11.0 Å². The van der Waals surface area contributed by atoms with Gasteiger partial charge in [0.15, 0.2) is 0 Å². The maximum Gasteiger partial charge on any atom is 0.129 e. The zero-order valence-corrected chi connectivity index (χ0v) is 9.60. The van der Waals surface area contributed by atoms with Crippen molar-refractivity contribution in [3.05, 3.63) is 23.8 Å². The highest BCUT2D eigenvalue weighted by molar-refractivity contribution is 5.76. The van der Waals surface area contributed by atoms with Gasteiger partial charge >= 0.3 is 0 Å². The molecule has 1 aromatic heterocycles. The van der Waals surface area contributed by atoms with Gasteiger partial charge in [-0.1, -0.05) is 11.3 Å². The molecule has 0 spiro atoms. The maximum atomic E-state index is 10.8. The van der Waals surface area contributed by atoms with Crippen molar-refractivity contribution in [1.82, 2.24) is 15.0 Å². The van der Waals surface area contributed by atoms with Crippen molar-refractivity contribution in [2.45, 2.75) is 33.2 Å². The molecular formula is C12H15N3O. The number of hydrogen-bond donors (Lipinski definition) is 0. The fourth-order valence-corrected chi connectivity index (χ4v) is 1.72. The van der Waals surface area contributed by atoms with E-state index in [1.165, 1.54) is 5.56 Å². The number of ketones is 1. The van der Waals surface area contributed by atoms with E-state index in [-0.39, 0.29) is 5.78 Å². The predicted octanol–water partition coefficient (Wildman–Crippen LogP) is 2.11. The summed E-state index contributed by atoms with van der Waals surface area (Å²) in [5, 5.41) is 8.17. The zero-order chi connectivity index (χ0) is 11.5. The van der Waals surface area contributed by atoms with Crippen molar-refractivity contribution in [3.8, 4) is 0 Å². The van der Waals surface area contributed by atoms with Gasteiger partial charge in [-0.15, -0.1) is 5.10 Å². The Kier molecular flexibility index (Phi) is 2.99. The van der Waals surface area contributed by atoms with Gasteiger partial charge in [-0.3, -0.25) is 0 Å². The minimum atomic E-state index is 0.223. The molecule has 0 saturated carbocycles. The summed E-state index contributed by atoms with van der Waals surface area (Å²) >= 11 is 0. The van der Waals surface area contributed by atoms with Crippen LogP contribution < -0.4 is 0 Å². The molecule has 0 aliphatic heterocycles. The molecule has 84 valence electrons. The van der Waals surface area contributed by atoms with Crippen molar-refractivity contribution in [3.63, 3.8) is 0 Å². The third-order valence-electron chi connectivity index (χ3n) is 2.57. The standard InChI is InChI=1S/C12H15N3O/c1-9-5-6-11-12(8-9)15(14-13-11)7-3-4-10(2)16/h5-6,8H,3-4,7H2,1-2H3. The number of hydrogen-bond acceptors (Lipinski definition) is 3. The van der Waals surface area contributed by atoms with Crippen molar-refractivity contribution < 1.29 is 4.79 Å². The molecule has 2 rings (SSSR count). The molecule has 0 aliphatic carbocycles. The molecule has 0 unspecified atom stereocenters. The van der Waals surface area contributed by atoms with Gasteiger partial charge in [-0.05, 0) is 38.0 Å². The van der Waals surface area contributed by atoms with Crippen LogP contribution in [0.15, 0.2) is 18.2 Å². The fourth-order valence-electron chi connectivity index (χ4n) is 1.72. The number of carbonyl (C=O) groups is 1. The Morgan fingerprint density at radius 2 is 2.25 bits per heavy atom. The molecule has 16 heavy (non-hydrogen) atoms. The first kappa shape index (κ1) is 10.8. The molecule has 1 aromatic carbocycles. The van der Waals surface area contributed by atoms with E-state index >= 15 is 0 Å². The smallest absolute Gasteiger partial charge is 0.129 e. The second kappa shape index (κ2) is 4.43. The topological polar surface area (TPSA) is 47.8 Å². The van der Waals surface area contributed by atoms with Gasteiger partial charge in [0, 0.05) is 13.0 Å². The fraction of sp³-hybridized carbons (Fsp3) is 0.417. The molecule has 4 heteroatoms. The average Bonchev–Trinajstić information content (AvgIpc) is 2.60. The molecule has 0 N–H and O–H groups in total. The van der Waals surface area contributed by atoms with Gasteiger partial charge in [0.05, 0.1) is 5.52 Å². The van der Waals surface area contributed by atoms with Crippen LogP contribution >= 0.6 is 0 Å². The van der Waals surface area contributed by atoms with Crippen LogP contribution in [0.1, 0.15) is 25.3 Å². The number of rotatable bonds is 4. The SMILES string of the molecule is CC(=O)CCCn1nnc2ccc(C)cc21. The van der Waals surface area contributed by atoms with Crippen LogP contribution in [-0.2, 0) is 11.3 Å². The third kappa shape index (κ3) is 2.27. The number of benzene rings is 1. The Morgan fingerprint density at radius 1 is 1.44 bits per heavy atom. The van der Waals surface area contributed by atoms with E-state index in [9.17, 15) is 4.79 Å². The van der Waals surface area contributed by atoms with Crippen molar-refractivity contribution in [2.24, 2.45) is 0 Å². The average molecular weight is 217 g/mol. The molecule has 0 radical (unpaired) electrons. The lowest BCUT2D eigenvalue weighted by atomic mass is 10.2. The molecule has 0 bridgehead atoms. The van der Waals surface area contributed by atoms with E-state index < -0.39 is 0 Å². The van der Waals surface area contributed by atoms with Gasteiger partial charge < -0.3 is 4.79 Å². The van der Waals surface area contributed by atoms with E-state index in [1.54, 1.807) is 6.92 Å². The summed E-state index contributed by atoms with van der Waals surface area (Å²) in [6.45, 7) is 4.41. The summed E-state index contributed by atoms with van der Waals surface area (Å²) < 4.78 is 1.87. The van der Waals surface area contributed by atoms with Crippen LogP contribution in [0.3, 0.4) is 0 Å². The summed E-state index contributed by atoms with van der Waals surface area (Å²) in [6.07, 6.45) is 1.43. The van der Waals surface area contributed by atoms with Crippen LogP contribution in [0.5, 0.6) is 0 Å². The maximum absolute atomic E-state index is 10.8. The van der Waals surface area contributed by atoms with Crippen molar-refractivity contribution in [1.29, 1.82) is 0 Å². The summed E-state index contributed by atoms with van der Waals surface area (Å²) in [7, 11) is 0. The lowest BCUT2D eigenvalue weighted by Crippen LogP contribution is -2.02. The normalized spacial score (nSPS) is 10.9. The number of fused-ring (bicyclic) bond motifs is 1. The lowest BCUT2D eigenvalue weighted by molar-refractivity contribution is -0.117. The third-order valence-corrected chi connectivity index (χ3v) is 2.57. The van der Waals surface area contributed by atoms with Crippen molar-refractivity contribution >= 4 is 16.8 Å². The second-order valence-electron chi connectivity index (χ2n) is 4.11. The number of aryl methyl sites for hydroxylation is 2. The summed E-state index contributed by atoms with van der Waals surface area (Å²) in [4.78, 5) is 10.8. The largest absolute Gasteiger partial charge is 0.300 e. The first-order valence-electron chi connectivity index (χ1n) is 5.46. The Balaban J connectivity index is 2.17. The molecule has 1 heterocycles. The number of nitrogens with zero attached hydrogens (tertiary/aromatic N) is 3. The van der Waals surface area contributed by atoms with Crippen molar-refractivity contribution in [2.75, 3.05) is 0 Å². The van der Waals surface area contributed by atoms with Gasteiger partial charge in [-0.25, -0.2) is 4.68 Å². The molecule has 2 aromatic rings. The molecular weight excluding hydrogens is 202 g/mol. The van der Waals surface area contributed by atoms with Gasteiger partial charge in [0.25, 0.3) is 0 Å². The van der Waals surface area contributed by atoms with Crippen LogP contribution in [0, 0.1) is 6.92 Å². The van der Waals surface area contributed by atoms with Gasteiger partial charge in [0.1, 0.15) is 11.3 Å². The Morgan fingerprint density at radius 3 is 3.00 bits per heavy atom. The minimum Gasteiger partial charge on any atom is -0.300 e. The van der Waals surface area contributed by atoms with Crippen LogP contribution in [0.2, 0.25) is 0 Å². The Bertz CT molecular complexity index is 516. The highest BCUT2D eigenvalue weighted by Crippen LogP contribution is 2.13. The number of carbonyl (C=O) groups excluding carboxylic acids is 1. The highest BCUT2D eigenvalue weighted by Gasteiger charge is 2.04. The molecule has 4 nitrogen and oxygen atoms in total. The van der Waals surface area contributed by atoms with Crippen LogP contribution in [0.4, 0.5) is 0 Å². The number of Topliss-reactive ketones (excluding diaryl/α,β-unsaturated/α-hetero) is 1. The van der Waals surface area contributed by atoms with Crippen LogP contribution in [-0.4, -0.2) is 20.8 Å². The van der Waals surface area contributed by atoms with E-state index in [4.69, 9.17) is 0 Å². The summed E-state index contributed by atoms with van der Waals surface area (Å²) in [5.74, 6) is 0.223.